The Morgan fingerprint density at radius 3 is 3.05 bits per heavy atom. The molecule has 1 atom stereocenters. The molecule has 0 amide bonds. The van der Waals surface area contributed by atoms with Gasteiger partial charge in [0, 0.05) is 24.9 Å². The normalized spacial score (nSPS) is 19.7. The van der Waals surface area contributed by atoms with E-state index in [-0.39, 0.29) is 5.82 Å². The zero-order valence-electron chi connectivity index (χ0n) is 12.4. The van der Waals surface area contributed by atoms with E-state index in [9.17, 15) is 4.39 Å². The fraction of sp³-hybridized carbons (Fsp3) is 0.562. The Morgan fingerprint density at radius 1 is 1.43 bits per heavy atom. The van der Waals surface area contributed by atoms with Gasteiger partial charge in [0.1, 0.15) is 11.6 Å². The van der Waals surface area contributed by atoms with Gasteiger partial charge < -0.3 is 4.57 Å². The molecule has 0 N–H and O–H groups in total. The maximum atomic E-state index is 13.6. The number of alkyl halides is 1. The van der Waals surface area contributed by atoms with Crippen molar-refractivity contribution in [2.45, 2.75) is 38.8 Å². The molecule has 1 aromatic carbocycles. The molecule has 1 unspecified atom stereocenters. The van der Waals surface area contributed by atoms with E-state index < -0.39 is 0 Å². The third-order valence-corrected chi connectivity index (χ3v) is 4.59. The van der Waals surface area contributed by atoms with Crippen molar-refractivity contribution in [2.75, 3.05) is 19.0 Å². The SMILES string of the molecule is CCN1CCCC1Cn1c(CCCl)nc2ccc(F)cc21. The highest BCUT2D eigenvalue weighted by atomic mass is 35.5. The Kier molecular flexibility index (Phi) is 4.45. The lowest BCUT2D eigenvalue weighted by Crippen LogP contribution is -2.33. The van der Waals surface area contributed by atoms with E-state index in [2.05, 4.69) is 21.4 Å². The van der Waals surface area contributed by atoms with Crippen LogP contribution in [-0.2, 0) is 13.0 Å². The smallest absolute Gasteiger partial charge is 0.125 e. The molecule has 114 valence electrons. The van der Waals surface area contributed by atoms with Gasteiger partial charge in [0.25, 0.3) is 0 Å². The second kappa shape index (κ2) is 6.32. The highest BCUT2D eigenvalue weighted by Crippen LogP contribution is 2.23. The molecule has 1 saturated heterocycles. The third-order valence-electron chi connectivity index (χ3n) is 4.41. The summed E-state index contributed by atoms with van der Waals surface area (Å²) in [4.78, 5) is 7.13. The molecule has 0 spiro atoms. The molecule has 0 aliphatic carbocycles. The van der Waals surface area contributed by atoms with Crippen molar-refractivity contribution in [1.82, 2.24) is 14.5 Å². The summed E-state index contributed by atoms with van der Waals surface area (Å²) in [7, 11) is 0. The van der Waals surface area contributed by atoms with Crippen molar-refractivity contribution in [1.29, 1.82) is 0 Å². The van der Waals surface area contributed by atoms with Crippen LogP contribution in [0.25, 0.3) is 11.0 Å². The summed E-state index contributed by atoms with van der Waals surface area (Å²) in [6.07, 6.45) is 3.16. The van der Waals surface area contributed by atoms with Crippen molar-refractivity contribution in [3.05, 3.63) is 29.8 Å². The van der Waals surface area contributed by atoms with E-state index in [0.29, 0.717) is 11.9 Å². The molecule has 0 radical (unpaired) electrons. The number of benzene rings is 1. The first-order valence-electron chi connectivity index (χ1n) is 7.67. The quantitative estimate of drug-likeness (QED) is 0.789. The molecule has 0 bridgehead atoms. The molecular formula is C16H21ClFN3. The van der Waals surface area contributed by atoms with Crippen LogP contribution in [-0.4, -0.2) is 39.5 Å². The number of hydrogen-bond donors (Lipinski definition) is 0. The zero-order chi connectivity index (χ0) is 14.8. The molecule has 1 fully saturated rings. The number of likely N-dealkylation sites (N-methyl/N-ethyl adjacent to an activating group) is 1. The molecule has 1 aliphatic heterocycles. The van der Waals surface area contributed by atoms with E-state index in [1.807, 2.05) is 0 Å². The summed E-state index contributed by atoms with van der Waals surface area (Å²) in [5, 5.41) is 0. The van der Waals surface area contributed by atoms with Crippen molar-refractivity contribution in [2.24, 2.45) is 0 Å². The Hall–Kier alpha value is -1.13. The van der Waals surface area contributed by atoms with E-state index in [0.717, 1.165) is 42.9 Å². The van der Waals surface area contributed by atoms with Crippen LogP contribution in [0.2, 0.25) is 0 Å². The highest BCUT2D eigenvalue weighted by molar-refractivity contribution is 6.17. The number of fused-ring (bicyclic) bond motifs is 1. The van der Waals surface area contributed by atoms with Gasteiger partial charge in [-0.1, -0.05) is 6.92 Å². The minimum absolute atomic E-state index is 0.208. The summed E-state index contributed by atoms with van der Waals surface area (Å²) < 4.78 is 15.8. The van der Waals surface area contributed by atoms with Crippen LogP contribution in [0.1, 0.15) is 25.6 Å². The molecular weight excluding hydrogens is 289 g/mol. The number of rotatable bonds is 5. The molecule has 2 heterocycles. The lowest BCUT2D eigenvalue weighted by Gasteiger charge is -2.24. The lowest BCUT2D eigenvalue weighted by atomic mass is 10.2. The number of hydrogen-bond acceptors (Lipinski definition) is 2. The van der Waals surface area contributed by atoms with Gasteiger partial charge in [-0.2, -0.15) is 0 Å². The van der Waals surface area contributed by atoms with Gasteiger partial charge in [-0.25, -0.2) is 9.37 Å². The van der Waals surface area contributed by atoms with E-state index in [4.69, 9.17) is 11.6 Å². The standard InChI is InChI=1S/C16H21ClFN3/c1-2-20-9-3-4-13(20)11-21-15-10-12(18)5-6-14(15)19-16(21)7-8-17/h5-6,10,13H,2-4,7-9,11H2,1H3. The highest BCUT2D eigenvalue weighted by Gasteiger charge is 2.25. The van der Waals surface area contributed by atoms with Gasteiger partial charge >= 0.3 is 0 Å². The molecule has 1 aromatic heterocycles. The Labute approximate surface area is 129 Å². The number of aryl methyl sites for hydroxylation is 1. The molecule has 21 heavy (non-hydrogen) atoms. The first kappa shape index (κ1) is 14.8. The van der Waals surface area contributed by atoms with Gasteiger partial charge in [0.05, 0.1) is 11.0 Å². The number of imidazole rings is 1. The molecule has 3 nitrogen and oxygen atoms in total. The van der Waals surface area contributed by atoms with E-state index in [1.165, 1.54) is 18.9 Å². The maximum Gasteiger partial charge on any atom is 0.125 e. The summed E-state index contributed by atoms with van der Waals surface area (Å²) in [6.45, 7) is 5.30. The van der Waals surface area contributed by atoms with Crippen molar-refractivity contribution < 1.29 is 4.39 Å². The summed E-state index contributed by atoms with van der Waals surface area (Å²) in [6, 6.07) is 5.33. The van der Waals surface area contributed by atoms with Crippen LogP contribution in [0, 0.1) is 5.82 Å². The van der Waals surface area contributed by atoms with Gasteiger partial charge in [0.2, 0.25) is 0 Å². The fourth-order valence-electron chi connectivity index (χ4n) is 3.35. The van der Waals surface area contributed by atoms with Crippen LogP contribution in [0.5, 0.6) is 0 Å². The van der Waals surface area contributed by atoms with Crippen LogP contribution in [0.3, 0.4) is 0 Å². The Morgan fingerprint density at radius 2 is 2.29 bits per heavy atom. The van der Waals surface area contributed by atoms with Crippen molar-refractivity contribution in [3.8, 4) is 0 Å². The maximum absolute atomic E-state index is 13.6. The number of halogens is 2. The summed E-state index contributed by atoms with van der Waals surface area (Å²) in [5.74, 6) is 1.29. The third kappa shape index (κ3) is 2.92. The van der Waals surface area contributed by atoms with Gasteiger partial charge in [0.15, 0.2) is 0 Å². The van der Waals surface area contributed by atoms with Gasteiger partial charge in [-0.15, -0.1) is 11.6 Å². The second-order valence-corrected chi connectivity index (χ2v) is 6.01. The predicted molar refractivity (Wildman–Crippen MR) is 84.4 cm³/mol. The monoisotopic (exact) mass is 309 g/mol. The molecule has 2 aromatic rings. The number of likely N-dealkylation sites (tertiary alicyclic amines) is 1. The molecule has 0 saturated carbocycles. The van der Waals surface area contributed by atoms with Crippen molar-refractivity contribution in [3.63, 3.8) is 0 Å². The lowest BCUT2D eigenvalue weighted by molar-refractivity contribution is 0.244. The Balaban J connectivity index is 1.98. The second-order valence-electron chi connectivity index (χ2n) is 5.64. The van der Waals surface area contributed by atoms with Crippen LogP contribution in [0.15, 0.2) is 18.2 Å². The van der Waals surface area contributed by atoms with E-state index in [1.54, 1.807) is 12.1 Å². The van der Waals surface area contributed by atoms with Gasteiger partial charge in [-0.3, -0.25) is 4.90 Å². The topological polar surface area (TPSA) is 21.1 Å². The summed E-state index contributed by atoms with van der Waals surface area (Å²) in [5.41, 5.74) is 1.75. The average molecular weight is 310 g/mol. The number of aromatic nitrogens is 2. The minimum atomic E-state index is -0.208. The van der Waals surface area contributed by atoms with Crippen LogP contribution >= 0.6 is 11.6 Å². The zero-order valence-corrected chi connectivity index (χ0v) is 13.1. The number of nitrogens with zero attached hydrogens (tertiary/aromatic N) is 3. The molecule has 3 rings (SSSR count). The first-order valence-corrected chi connectivity index (χ1v) is 8.21. The average Bonchev–Trinajstić information content (AvgIpc) is 3.05. The predicted octanol–water partition coefficient (Wildman–Crippen LogP) is 3.44. The van der Waals surface area contributed by atoms with Crippen molar-refractivity contribution >= 4 is 22.6 Å². The molecule has 1 aliphatic rings. The minimum Gasteiger partial charge on any atom is -0.326 e. The first-order chi connectivity index (χ1) is 10.2. The largest absolute Gasteiger partial charge is 0.326 e. The summed E-state index contributed by atoms with van der Waals surface area (Å²) >= 11 is 5.90. The van der Waals surface area contributed by atoms with Gasteiger partial charge in [-0.05, 0) is 44.1 Å². The van der Waals surface area contributed by atoms with E-state index >= 15 is 0 Å². The van der Waals surface area contributed by atoms with Crippen LogP contribution in [0.4, 0.5) is 4.39 Å². The molecule has 5 heteroatoms. The Bertz CT molecular complexity index is 625. The van der Waals surface area contributed by atoms with Crippen LogP contribution < -0.4 is 0 Å². The fourth-order valence-corrected chi connectivity index (χ4v) is 3.52.